The third kappa shape index (κ3) is 17.0. The highest BCUT2D eigenvalue weighted by Gasteiger charge is 2.53. The van der Waals surface area contributed by atoms with Crippen LogP contribution in [-0.4, -0.2) is 137 Å². The van der Waals surface area contributed by atoms with E-state index in [0.29, 0.717) is 69.8 Å². The number of hydrogen-bond acceptors (Lipinski definition) is 17. The molecule has 426 valence electrons. The molecule has 0 aromatic heterocycles. The number of thiocarbonyl (C=S) groups is 1. The molecular weight excluding hydrogens is 1010 g/mol. The molecule has 3 heterocycles. The van der Waals surface area contributed by atoms with Crippen LogP contribution in [0.1, 0.15) is 126 Å². The Balaban J connectivity index is 1.42. The number of Topliss-reactive ketones (excluding diaryl/α,β-unsaturated/α-hetero) is 3. The van der Waals surface area contributed by atoms with Gasteiger partial charge < -0.3 is 48.3 Å². The molecule has 5 rings (SSSR count). The van der Waals surface area contributed by atoms with Gasteiger partial charge in [0.25, 0.3) is 17.4 Å². The van der Waals surface area contributed by atoms with Gasteiger partial charge in [-0.25, -0.2) is 4.79 Å². The number of esters is 1. The third-order valence-electron chi connectivity index (χ3n) is 15.9. The Morgan fingerprint density at radius 1 is 0.883 bits per heavy atom. The van der Waals surface area contributed by atoms with Crippen LogP contribution in [-0.2, 0) is 52.4 Å². The van der Waals surface area contributed by atoms with Crippen LogP contribution in [0.3, 0.4) is 0 Å². The van der Waals surface area contributed by atoms with Crippen molar-refractivity contribution in [1.29, 1.82) is 0 Å². The molecule has 2 saturated heterocycles. The highest BCUT2D eigenvalue weighted by molar-refractivity contribution is 7.79. The lowest BCUT2D eigenvalue weighted by Gasteiger charge is -2.42. The van der Waals surface area contributed by atoms with E-state index in [9.17, 15) is 44.3 Å². The Bertz CT molecular complexity index is 2350. The summed E-state index contributed by atoms with van der Waals surface area (Å²) in [6, 6.07) is 4.24. The molecule has 18 nitrogen and oxygen atoms in total. The standard InChI is InChI=1S/C58H82N2O16S/c1-34-16-12-11-13-17-35(2)48(70-8)32-44-23-19-40(7)58(67,76-44)54(64)55(65)59-27-15-14-18-45(59)56(66)74-49(33-46(61)36(3)29-39(6)52(63)53(72-10)51(62)38(5)28-34)37(4)30-41-20-26-47(50(31-41)71-9)75-57(77)73-43-24-21-42(22-25-43)60(68)69/h11-13,16-17,21-22,24-25,29,34,36-38,40-41,44-45,47-50,52-53,63,67H,14-15,18-20,23,26-28,30-33H2,1-10H3/b13-11+,16-12+,35-17+,39-29+/t34-,36-,37-,38-,40-,41+,44+,45+,47-,48?,49+,50-,52-,53+,58-/m1/s1. The Hall–Kier alpha value is -5.02. The lowest BCUT2D eigenvalue weighted by molar-refractivity contribution is -0.384. The van der Waals surface area contributed by atoms with Gasteiger partial charge in [-0.1, -0.05) is 71.1 Å². The van der Waals surface area contributed by atoms with Gasteiger partial charge in [0.1, 0.15) is 42.0 Å². The molecule has 1 saturated carbocycles. The maximum Gasteiger partial charge on any atom is 0.358 e. The van der Waals surface area contributed by atoms with E-state index in [0.717, 1.165) is 5.57 Å². The highest BCUT2D eigenvalue weighted by Crippen LogP contribution is 2.38. The lowest BCUT2D eigenvalue weighted by Crippen LogP contribution is -2.61. The van der Waals surface area contributed by atoms with Gasteiger partial charge >= 0.3 is 11.2 Å². The number of non-ortho nitro benzene ring substituents is 1. The van der Waals surface area contributed by atoms with Crippen LogP contribution in [0.4, 0.5) is 5.69 Å². The number of carbonyl (C=O) groups excluding carboxylic acids is 5. The Morgan fingerprint density at radius 3 is 2.26 bits per heavy atom. The smallest absolute Gasteiger partial charge is 0.358 e. The zero-order chi connectivity index (χ0) is 56.7. The van der Waals surface area contributed by atoms with Crippen molar-refractivity contribution >= 4 is 52.4 Å². The molecule has 15 atom stereocenters. The number of ketones is 3. The SMILES string of the molecule is COC1C[C@@H]2CC[C@@H](C)[C@@](O)(O2)C(=O)C(=O)N2CCCC[C@H]2C(=O)O[C@H]([C@H](C)C[C@@H]2CC[C@@H](OC(=S)Oc3ccc([N+](=O)[O-])cc3)[C@H](OC)C2)CC(=O)[C@H](C)/C=C(\C)[C@@H](O)[C@@H](OC)C(=O)[C@H](C)C[C@H](C)/C=C/C=C/C=C/1C. The molecule has 3 aliphatic heterocycles. The number of nitro benzene ring substituents is 1. The fourth-order valence-electron chi connectivity index (χ4n) is 11.1. The van der Waals surface area contributed by atoms with Gasteiger partial charge in [0.15, 0.2) is 5.78 Å². The topological polar surface area (TPSA) is 237 Å². The molecule has 1 amide bonds. The lowest BCUT2D eigenvalue weighted by atomic mass is 9.78. The highest BCUT2D eigenvalue weighted by atomic mass is 32.1. The van der Waals surface area contributed by atoms with Crippen LogP contribution in [0.25, 0.3) is 0 Å². The second kappa shape index (κ2) is 29.3. The van der Waals surface area contributed by atoms with E-state index in [-0.39, 0.29) is 59.5 Å². The van der Waals surface area contributed by atoms with Crippen molar-refractivity contribution in [2.75, 3.05) is 27.9 Å². The minimum absolute atomic E-state index is 0.00498. The maximum atomic E-state index is 14.6. The summed E-state index contributed by atoms with van der Waals surface area (Å²) < 4.78 is 41.5. The van der Waals surface area contributed by atoms with Crippen molar-refractivity contribution in [3.63, 3.8) is 0 Å². The Labute approximate surface area is 459 Å². The number of allylic oxidation sites excluding steroid dienone is 6. The first-order chi connectivity index (χ1) is 36.5. The number of piperidine rings is 1. The number of carbonyl (C=O) groups is 5. The van der Waals surface area contributed by atoms with E-state index < -0.39 is 101 Å². The maximum absolute atomic E-state index is 14.6. The molecule has 0 spiro atoms. The minimum atomic E-state index is -2.47. The molecule has 1 aromatic rings. The first-order valence-electron chi connectivity index (χ1n) is 27.1. The second-order valence-corrected chi connectivity index (χ2v) is 22.1. The predicted octanol–water partition coefficient (Wildman–Crippen LogP) is 8.48. The number of hydrogen-bond donors (Lipinski definition) is 2. The van der Waals surface area contributed by atoms with Crippen LogP contribution in [0, 0.1) is 45.6 Å². The fourth-order valence-corrected chi connectivity index (χ4v) is 11.3. The summed E-state index contributed by atoms with van der Waals surface area (Å²) in [6.45, 7) is 12.6. The molecule has 2 bridgehead atoms. The number of benzene rings is 1. The molecule has 3 fully saturated rings. The number of rotatable bonds is 9. The summed E-state index contributed by atoms with van der Waals surface area (Å²) in [4.78, 5) is 83.3. The molecule has 2 N–H and O–H groups in total. The number of methoxy groups -OCH3 is 3. The fraction of sp³-hybridized carbons (Fsp3) is 0.655. The van der Waals surface area contributed by atoms with E-state index in [1.54, 1.807) is 48.0 Å². The first-order valence-corrected chi connectivity index (χ1v) is 27.5. The number of aliphatic hydroxyl groups excluding tert-OH is 1. The van der Waals surface area contributed by atoms with Crippen LogP contribution >= 0.6 is 12.2 Å². The Morgan fingerprint density at radius 2 is 1.60 bits per heavy atom. The van der Waals surface area contributed by atoms with E-state index in [1.807, 2.05) is 51.2 Å². The van der Waals surface area contributed by atoms with Crippen molar-refractivity contribution < 1.29 is 72.3 Å². The molecule has 19 heteroatoms. The van der Waals surface area contributed by atoms with E-state index in [1.165, 1.54) is 36.3 Å². The number of nitro groups is 1. The monoisotopic (exact) mass is 1090 g/mol. The molecule has 0 radical (unpaired) electrons. The van der Waals surface area contributed by atoms with Crippen molar-refractivity contribution in [3.05, 3.63) is 82.0 Å². The van der Waals surface area contributed by atoms with Crippen molar-refractivity contribution in [1.82, 2.24) is 4.90 Å². The summed E-state index contributed by atoms with van der Waals surface area (Å²) in [5, 5.41) is 34.5. The Kier molecular flexibility index (Phi) is 23.9. The third-order valence-corrected chi connectivity index (χ3v) is 16.1. The molecule has 77 heavy (non-hydrogen) atoms. The molecule has 1 unspecified atom stereocenters. The van der Waals surface area contributed by atoms with E-state index >= 15 is 0 Å². The zero-order valence-electron chi connectivity index (χ0n) is 46.5. The van der Waals surface area contributed by atoms with Gasteiger partial charge in [-0.05, 0) is 119 Å². The van der Waals surface area contributed by atoms with Gasteiger partial charge in [-0.3, -0.25) is 29.3 Å². The van der Waals surface area contributed by atoms with Crippen LogP contribution < -0.4 is 4.74 Å². The van der Waals surface area contributed by atoms with Gasteiger partial charge in [0.05, 0.1) is 23.2 Å². The number of aliphatic hydroxyl groups is 2. The largest absolute Gasteiger partial charge is 0.460 e. The van der Waals surface area contributed by atoms with Crippen molar-refractivity contribution in [3.8, 4) is 5.75 Å². The second-order valence-electron chi connectivity index (χ2n) is 21.8. The number of ether oxygens (including phenoxy) is 7. The van der Waals surface area contributed by atoms with Gasteiger partial charge in [0, 0.05) is 82.8 Å². The average Bonchev–Trinajstić information content (AvgIpc) is 3.41. The molecule has 1 aromatic carbocycles. The first kappa shape index (κ1) is 62.8. The summed E-state index contributed by atoms with van der Waals surface area (Å²) in [6.07, 6.45) is 10.4. The minimum Gasteiger partial charge on any atom is -0.460 e. The zero-order valence-corrected chi connectivity index (χ0v) is 47.3. The predicted molar refractivity (Wildman–Crippen MR) is 290 cm³/mol. The number of cyclic esters (lactones) is 1. The van der Waals surface area contributed by atoms with Crippen molar-refractivity contribution in [2.45, 2.75) is 180 Å². The molecule has 1 aliphatic carbocycles. The van der Waals surface area contributed by atoms with Crippen molar-refractivity contribution in [2.24, 2.45) is 35.5 Å². The summed E-state index contributed by atoms with van der Waals surface area (Å²) in [5.74, 6) is -8.25. The number of amides is 1. The number of fused-ring (bicyclic) bond motifs is 3. The summed E-state index contributed by atoms with van der Waals surface area (Å²) >= 11 is 5.39. The van der Waals surface area contributed by atoms with E-state index in [2.05, 4.69) is 0 Å². The van der Waals surface area contributed by atoms with Crippen LogP contribution in [0.2, 0.25) is 0 Å². The average molecular weight is 1100 g/mol. The number of nitrogens with zero attached hydrogens (tertiary/aromatic N) is 2. The quantitative estimate of drug-likeness (QED) is 0.0589. The van der Waals surface area contributed by atoms with Crippen LogP contribution in [0.5, 0.6) is 5.75 Å². The molecule has 4 aliphatic rings. The van der Waals surface area contributed by atoms with Gasteiger partial charge in [0.2, 0.25) is 5.79 Å². The van der Waals surface area contributed by atoms with Crippen LogP contribution in [0.15, 0.2) is 71.9 Å². The normalized spacial score (nSPS) is 35.7. The molecular formula is C58H82N2O16S. The van der Waals surface area contributed by atoms with Gasteiger partial charge in [-0.2, -0.15) is 0 Å². The van der Waals surface area contributed by atoms with E-state index in [4.69, 9.17) is 45.4 Å². The summed E-state index contributed by atoms with van der Waals surface area (Å²) in [5.41, 5.74) is 1.11. The summed E-state index contributed by atoms with van der Waals surface area (Å²) in [7, 11) is 4.49. The van der Waals surface area contributed by atoms with Gasteiger partial charge in [-0.15, -0.1) is 0 Å².